The Hall–Kier alpha value is -2.17. The van der Waals surface area contributed by atoms with Gasteiger partial charge in [-0.1, -0.05) is 5.21 Å². The molecule has 0 aliphatic carbocycles. The second-order valence-electron chi connectivity index (χ2n) is 3.30. The van der Waals surface area contributed by atoms with E-state index in [4.69, 9.17) is 4.74 Å². The number of hydrogen-bond donors (Lipinski definition) is 0. The highest BCUT2D eigenvalue weighted by atomic mass is 16.5. The van der Waals surface area contributed by atoms with Crippen LogP contribution in [0.25, 0.3) is 0 Å². The van der Waals surface area contributed by atoms with Crippen LogP contribution < -0.4 is 4.74 Å². The van der Waals surface area contributed by atoms with Gasteiger partial charge in [0.05, 0.1) is 13.3 Å². The van der Waals surface area contributed by atoms with E-state index in [1.807, 2.05) is 0 Å². The van der Waals surface area contributed by atoms with Gasteiger partial charge in [0.1, 0.15) is 11.4 Å². The first-order valence-electron chi connectivity index (χ1n) is 4.76. The van der Waals surface area contributed by atoms with Crippen LogP contribution in [-0.2, 0) is 7.05 Å². The first-order valence-corrected chi connectivity index (χ1v) is 4.76. The number of rotatable bonds is 3. The summed E-state index contributed by atoms with van der Waals surface area (Å²) < 4.78 is 6.47. The zero-order chi connectivity index (χ0) is 11.5. The number of hydrogen-bond acceptors (Lipinski definition) is 4. The fourth-order valence-corrected chi connectivity index (χ4v) is 1.39. The highest BCUT2D eigenvalue weighted by Crippen LogP contribution is 2.14. The molecule has 2 aromatic rings. The molecule has 1 heterocycles. The predicted molar refractivity (Wildman–Crippen MR) is 57.4 cm³/mol. The molecule has 0 fully saturated rings. The van der Waals surface area contributed by atoms with Gasteiger partial charge in [0, 0.05) is 12.6 Å². The van der Waals surface area contributed by atoms with Crippen molar-refractivity contribution < 1.29 is 9.53 Å². The number of carbonyl (C=O) groups excluding carboxylic acids is 1. The fraction of sp³-hybridized carbons (Fsp3) is 0.182. The minimum atomic E-state index is -0.102. The molecule has 0 bridgehead atoms. The third-order valence-corrected chi connectivity index (χ3v) is 2.30. The van der Waals surface area contributed by atoms with Gasteiger partial charge >= 0.3 is 0 Å². The van der Waals surface area contributed by atoms with Crippen molar-refractivity contribution in [3.8, 4) is 5.75 Å². The normalized spacial score (nSPS) is 10.1. The quantitative estimate of drug-likeness (QED) is 0.721. The van der Waals surface area contributed by atoms with Gasteiger partial charge in [-0.2, -0.15) is 0 Å². The highest BCUT2D eigenvalue weighted by Gasteiger charge is 2.13. The Labute approximate surface area is 92.7 Å². The molecule has 16 heavy (non-hydrogen) atoms. The van der Waals surface area contributed by atoms with Crippen molar-refractivity contribution in [3.63, 3.8) is 0 Å². The maximum Gasteiger partial charge on any atom is 0.212 e. The summed E-state index contributed by atoms with van der Waals surface area (Å²) in [4.78, 5) is 12.0. The Kier molecular flexibility index (Phi) is 2.68. The van der Waals surface area contributed by atoms with E-state index in [-0.39, 0.29) is 5.78 Å². The van der Waals surface area contributed by atoms with Gasteiger partial charge in [0.25, 0.3) is 0 Å². The van der Waals surface area contributed by atoms with Crippen molar-refractivity contribution in [2.75, 3.05) is 7.11 Å². The van der Waals surface area contributed by atoms with Crippen LogP contribution in [0, 0.1) is 0 Å². The number of carbonyl (C=O) groups is 1. The van der Waals surface area contributed by atoms with E-state index < -0.39 is 0 Å². The summed E-state index contributed by atoms with van der Waals surface area (Å²) in [6, 6.07) is 6.93. The Bertz CT molecular complexity index is 502. The maximum atomic E-state index is 12.0. The number of ether oxygens (including phenoxy) is 1. The standard InChI is InChI=1S/C11H11N3O2/c1-14-10(7-12-13-14)11(15)8-3-5-9(16-2)6-4-8/h3-7H,1-2H3. The van der Waals surface area contributed by atoms with E-state index in [2.05, 4.69) is 10.3 Å². The molecule has 0 N–H and O–H groups in total. The van der Waals surface area contributed by atoms with Gasteiger partial charge in [0.2, 0.25) is 5.78 Å². The topological polar surface area (TPSA) is 57.0 Å². The van der Waals surface area contributed by atoms with E-state index in [1.54, 1.807) is 38.4 Å². The summed E-state index contributed by atoms with van der Waals surface area (Å²) in [7, 11) is 3.27. The fourth-order valence-electron chi connectivity index (χ4n) is 1.39. The lowest BCUT2D eigenvalue weighted by atomic mass is 10.1. The largest absolute Gasteiger partial charge is 0.497 e. The van der Waals surface area contributed by atoms with Crippen LogP contribution in [0.2, 0.25) is 0 Å². The van der Waals surface area contributed by atoms with Crippen LogP contribution in [0.5, 0.6) is 5.75 Å². The Balaban J connectivity index is 2.31. The molecule has 0 radical (unpaired) electrons. The van der Waals surface area contributed by atoms with E-state index in [0.717, 1.165) is 5.75 Å². The van der Waals surface area contributed by atoms with Gasteiger partial charge in [-0.15, -0.1) is 5.10 Å². The number of nitrogens with zero attached hydrogens (tertiary/aromatic N) is 3. The Morgan fingerprint density at radius 2 is 2.00 bits per heavy atom. The second kappa shape index (κ2) is 4.14. The van der Waals surface area contributed by atoms with Crippen LogP contribution in [0.1, 0.15) is 16.1 Å². The molecule has 0 atom stereocenters. The number of aromatic nitrogens is 3. The van der Waals surface area contributed by atoms with E-state index in [1.165, 1.54) is 10.9 Å². The lowest BCUT2D eigenvalue weighted by Gasteiger charge is -2.02. The lowest BCUT2D eigenvalue weighted by Crippen LogP contribution is -2.08. The summed E-state index contributed by atoms with van der Waals surface area (Å²) in [5.74, 6) is 0.620. The zero-order valence-electron chi connectivity index (χ0n) is 9.04. The third-order valence-electron chi connectivity index (χ3n) is 2.30. The average Bonchev–Trinajstić information content (AvgIpc) is 2.75. The summed E-state index contributed by atoms with van der Waals surface area (Å²) in [5.41, 5.74) is 1.05. The van der Waals surface area contributed by atoms with Gasteiger partial charge < -0.3 is 4.74 Å². The number of aryl methyl sites for hydroxylation is 1. The number of benzene rings is 1. The molecule has 0 aliphatic rings. The average molecular weight is 217 g/mol. The van der Waals surface area contributed by atoms with Crippen LogP contribution in [0.4, 0.5) is 0 Å². The van der Waals surface area contributed by atoms with Crippen molar-refractivity contribution >= 4 is 5.78 Å². The minimum Gasteiger partial charge on any atom is -0.497 e. The van der Waals surface area contributed by atoms with Crippen LogP contribution in [0.15, 0.2) is 30.5 Å². The molecule has 0 aliphatic heterocycles. The van der Waals surface area contributed by atoms with Gasteiger partial charge in [-0.05, 0) is 24.3 Å². The molecule has 0 saturated heterocycles. The van der Waals surface area contributed by atoms with E-state index in [0.29, 0.717) is 11.3 Å². The molecule has 0 amide bonds. The zero-order valence-corrected chi connectivity index (χ0v) is 9.04. The van der Waals surface area contributed by atoms with Crippen molar-refractivity contribution in [3.05, 3.63) is 41.7 Å². The molecule has 5 heteroatoms. The van der Waals surface area contributed by atoms with Crippen LogP contribution in [0.3, 0.4) is 0 Å². The molecule has 2 rings (SSSR count). The summed E-state index contributed by atoms with van der Waals surface area (Å²) in [6.07, 6.45) is 1.45. The predicted octanol–water partition coefficient (Wildman–Crippen LogP) is 1.05. The highest BCUT2D eigenvalue weighted by molar-refractivity contribution is 6.07. The molecule has 0 unspecified atom stereocenters. The monoisotopic (exact) mass is 217 g/mol. The summed E-state index contributed by atoms with van der Waals surface area (Å²) in [6.45, 7) is 0. The SMILES string of the molecule is COc1ccc(C(=O)c2cnnn2C)cc1. The molecule has 5 nitrogen and oxygen atoms in total. The number of methoxy groups -OCH3 is 1. The molecule has 0 saturated carbocycles. The van der Waals surface area contributed by atoms with E-state index >= 15 is 0 Å². The van der Waals surface area contributed by atoms with Crippen molar-refractivity contribution in [2.24, 2.45) is 7.05 Å². The molecular formula is C11H11N3O2. The first kappa shape index (κ1) is 10.4. The third kappa shape index (κ3) is 1.79. The molecule has 1 aromatic carbocycles. The van der Waals surface area contributed by atoms with Gasteiger partial charge in [-0.3, -0.25) is 4.79 Å². The van der Waals surface area contributed by atoms with Crippen LogP contribution >= 0.6 is 0 Å². The Morgan fingerprint density at radius 3 is 2.50 bits per heavy atom. The number of ketones is 1. The molecular weight excluding hydrogens is 206 g/mol. The Morgan fingerprint density at radius 1 is 1.31 bits per heavy atom. The van der Waals surface area contributed by atoms with Gasteiger partial charge in [-0.25, -0.2) is 4.68 Å². The maximum absolute atomic E-state index is 12.0. The van der Waals surface area contributed by atoms with Crippen molar-refractivity contribution in [1.82, 2.24) is 15.0 Å². The van der Waals surface area contributed by atoms with E-state index in [9.17, 15) is 4.79 Å². The molecule has 0 spiro atoms. The van der Waals surface area contributed by atoms with Crippen molar-refractivity contribution in [1.29, 1.82) is 0 Å². The van der Waals surface area contributed by atoms with Gasteiger partial charge in [0.15, 0.2) is 0 Å². The molecule has 82 valence electrons. The molecule has 1 aromatic heterocycles. The first-order chi connectivity index (χ1) is 7.72. The summed E-state index contributed by atoms with van der Waals surface area (Å²) >= 11 is 0. The smallest absolute Gasteiger partial charge is 0.212 e. The minimum absolute atomic E-state index is 0.102. The second-order valence-corrected chi connectivity index (χ2v) is 3.30. The summed E-state index contributed by atoms with van der Waals surface area (Å²) in [5, 5.41) is 7.39. The van der Waals surface area contributed by atoms with Crippen LogP contribution in [-0.4, -0.2) is 27.9 Å². The lowest BCUT2D eigenvalue weighted by molar-refractivity contribution is 0.103. The van der Waals surface area contributed by atoms with Crippen molar-refractivity contribution in [2.45, 2.75) is 0 Å².